The smallest absolute Gasteiger partial charge is 0.407 e. The van der Waals surface area contributed by atoms with Crippen molar-refractivity contribution in [3.8, 4) is 11.1 Å². The minimum atomic E-state index is -1.13. The van der Waals surface area contributed by atoms with E-state index in [4.69, 9.17) is 4.74 Å². The van der Waals surface area contributed by atoms with Gasteiger partial charge < -0.3 is 25.2 Å². The number of hydrogen-bond donors (Lipinski definition) is 3. The molecular formula is C27H30N2O6. The van der Waals surface area contributed by atoms with E-state index < -0.39 is 30.3 Å². The Morgan fingerprint density at radius 1 is 1.03 bits per heavy atom. The number of benzene rings is 2. The summed E-state index contributed by atoms with van der Waals surface area (Å²) in [5.41, 5.74) is 4.55. The largest absolute Gasteiger partial charge is 0.480 e. The zero-order valence-corrected chi connectivity index (χ0v) is 19.4. The molecule has 2 aromatic carbocycles. The standard InChI is InChI=1S/C27H30N2O6/c30-17-12-24(26(32)33)29(14-17)25(31)13-23(16-6-5-7-16)28-27(34)35-15-22-20-10-3-1-8-18(20)19-9-2-4-11-21(19)22/h1-4,8-11,16-17,22-24,30H,5-7,12-15H2,(H,28,34)(H,32,33)/t17-,23?,24-/m0/s1. The van der Waals surface area contributed by atoms with Gasteiger partial charge in [-0.25, -0.2) is 9.59 Å². The third-order valence-electron chi connectivity index (χ3n) is 7.64. The lowest BCUT2D eigenvalue weighted by Crippen LogP contribution is -2.48. The molecule has 1 heterocycles. The van der Waals surface area contributed by atoms with Gasteiger partial charge in [0.25, 0.3) is 0 Å². The Morgan fingerprint density at radius 2 is 1.66 bits per heavy atom. The minimum Gasteiger partial charge on any atom is -0.480 e. The van der Waals surface area contributed by atoms with E-state index in [2.05, 4.69) is 29.6 Å². The number of fused-ring (bicyclic) bond motifs is 3. The van der Waals surface area contributed by atoms with Gasteiger partial charge in [0.1, 0.15) is 12.6 Å². The van der Waals surface area contributed by atoms with E-state index in [1.165, 1.54) is 4.90 Å². The first-order chi connectivity index (χ1) is 16.9. The second-order valence-corrected chi connectivity index (χ2v) is 9.76. The van der Waals surface area contributed by atoms with Crippen molar-refractivity contribution < 1.29 is 29.3 Å². The lowest BCUT2D eigenvalue weighted by Gasteiger charge is -2.35. The molecule has 1 aliphatic heterocycles. The van der Waals surface area contributed by atoms with Crippen molar-refractivity contribution in [2.45, 2.75) is 56.2 Å². The van der Waals surface area contributed by atoms with Gasteiger partial charge in [-0.3, -0.25) is 4.79 Å². The number of amides is 2. The van der Waals surface area contributed by atoms with Crippen LogP contribution in [0.3, 0.4) is 0 Å². The molecule has 35 heavy (non-hydrogen) atoms. The first kappa shape index (κ1) is 23.4. The molecule has 0 aromatic heterocycles. The number of rotatable bonds is 7. The Balaban J connectivity index is 1.23. The average Bonchev–Trinajstić information content (AvgIpc) is 3.35. The number of carbonyl (C=O) groups excluding carboxylic acids is 2. The van der Waals surface area contributed by atoms with Crippen LogP contribution in [0, 0.1) is 5.92 Å². The number of alkyl carbamates (subject to hydrolysis) is 1. The van der Waals surface area contributed by atoms with Gasteiger partial charge in [0.2, 0.25) is 5.91 Å². The number of hydrogen-bond acceptors (Lipinski definition) is 5. The summed E-state index contributed by atoms with van der Waals surface area (Å²) in [6.45, 7) is 0.183. The van der Waals surface area contributed by atoms with E-state index in [0.717, 1.165) is 41.5 Å². The Bertz CT molecular complexity index is 1080. The number of β-amino-alcohol motifs (C(OH)–C–C–N with tert-alkyl or cyclic N) is 1. The highest BCUT2D eigenvalue weighted by Gasteiger charge is 2.41. The maximum atomic E-state index is 12.9. The van der Waals surface area contributed by atoms with Gasteiger partial charge in [0.15, 0.2) is 0 Å². The van der Waals surface area contributed by atoms with E-state index in [9.17, 15) is 24.6 Å². The van der Waals surface area contributed by atoms with Gasteiger partial charge in [0.05, 0.1) is 6.10 Å². The van der Waals surface area contributed by atoms with Crippen LogP contribution in [0.5, 0.6) is 0 Å². The molecule has 184 valence electrons. The molecule has 1 saturated heterocycles. The number of nitrogens with one attached hydrogen (secondary N) is 1. The fraction of sp³-hybridized carbons (Fsp3) is 0.444. The molecule has 2 aliphatic carbocycles. The van der Waals surface area contributed by atoms with Crippen LogP contribution in [-0.2, 0) is 14.3 Å². The van der Waals surface area contributed by atoms with Gasteiger partial charge >= 0.3 is 12.1 Å². The highest BCUT2D eigenvalue weighted by atomic mass is 16.5. The van der Waals surface area contributed by atoms with Crippen LogP contribution in [0.15, 0.2) is 48.5 Å². The number of nitrogens with zero attached hydrogens (tertiary/aromatic N) is 1. The molecule has 2 aromatic rings. The number of aliphatic carboxylic acids is 1. The summed E-state index contributed by atoms with van der Waals surface area (Å²) >= 11 is 0. The summed E-state index contributed by atoms with van der Waals surface area (Å²) < 4.78 is 5.66. The maximum Gasteiger partial charge on any atom is 0.407 e. The quantitative estimate of drug-likeness (QED) is 0.563. The number of carboxylic acid groups (broad SMARTS) is 1. The van der Waals surface area contributed by atoms with E-state index in [1.54, 1.807) is 0 Å². The van der Waals surface area contributed by atoms with Gasteiger partial charge in [-0.15, -0.1) is 0 Å². The zero-order valence-electron chi connectivity index (χ0n) is 19.4. The van der Waals surface area contributed by atoms with E-state index in [1.807, 2.05) is 24.3 Å². The van der Waals surface area contributed by atoms with Crippen LogP contribution in [0.4, 0.5) is 4.79 Å². The second-order valence-electron chi connectivity index (χ2n) is 9.76. The molecule has 0 spiro atoms. The SMILES string of the molecule is O=C(NC(CC(=O)N1C[C@@H](O)C[C@H]1C(=O)O)C1CCC1)OCC1c2ccccc2-c2ccccc21. The fourth-order valence-electron chi connectivity index (χ4n) is 5.60. The van der Waals surface area contributed by atoms with E-state index >= 15 is 0 Å². The zero-order chi connectivity index (χ0) is 24.5. The Morgan fingerprint density at radius 3 is 2.23 bits per heavy atom. The minimum absolute atomic E-state index is 0.00185. The topological polar surface area (TPSA) is 116 Å². The molecule has 0 bridgehead atoms. The molecule has 1 saturated carbocycles. The molecule has 2 fully saturated rings. The van der Waals surface area contributed by atoms with Crippen LogP contribution in [0.25, 0.3) is 11.1 Å². The normalized spacial score (nSPS) is 22.1. The molecule has 3 atom stereocenters. The molecule has 8 nitrogen and oxygen atoms in total. The highest BCUT2D eigenvalue weighted by molar-refractivity contribution is 5.85. The Kier molecular flexibility index (Phi) is 6.47. The van der Waals surface area contributed by atoms with Crippen LogP contribution in [-0.4, -0.2) is 64.4 Å². The molecule has 1 unspecified atom stereocenters. The summed E-state index contributed by atoms with van der Waals surface area (Å²) in [5.74, 6) is -1.40. The van der Waals surface area contributed by atoms with Gasteiger partial charge in [-0.2, -0.15) is 0 Å². The van der Waals surface area contributed by atoms with Crippen molar-refractivity contribution >= 4 is 18.0 Å². The van der Waals surface area contributed by atoms with E-state index in [0.29, 0.717) is 0 Å². The number of carboxylic acids is 1. The van der Waals surface area contributed by atoms with Crippen LogP contribution < -0.4 is 5.32 Å². The van der Waals surface area contributed by atoms with Crippen molar-refractivity contribution in [3.63, 3.8) is 0 Å². The first-order valence-electron chi connectivity index (χ1n) is 12.2. The summed E-state index contributed by atoms with van der Waals surface area (Å²) in [5, 5.41) is 22.2. The van der Waals surface area contributed by atoms with Gasteiger partial charge in [0, 0.05) is 31.3 Å². The molecule has 2 amide bonds. The Labute approximate surface area is 203 Å². The lowest BCUT2D eigenvalue weighted by atomic mass is 9.78. The number of aliphatic hydroxyl groups is 1. The molecule has 3 aliphatic rings. The lowest BCUT2D eigenvalue weighted by molar-refractivity contribution is -0.148. The van der Waals surface area contributed by atoms with Crippen molar-refractivity contribution in [3.05, 3.63) is 59.7 Å². The highest BCUT2D eigenvalue weighted by Crippen LogP contribution is 2.44. The number of carbonyl (C=O) groups is 3. The predicted octanol–water partition coefficient (Wildman–Crippen LogP) is 3.13. The predicted molar refractivity (Wildman–Crippen MR) is 128 cm³/mol. The monoisotopic (exact) mass is 478 g/mol. The number of ether oxygens (including phenoxy) is 1. The molecular weight excluding hydrogens is 448 g/mol. The fourth-order valence-corrected chi connectivity index (χ4v) is 5.60. The summed E-state index contributed by atoms with van der Waals surface area (Å²) in [6, 6.07) is 14.8. The second kappa shape index (κ2) is 9.70. The van der Waals surface area contributed by atoms with Crippen LogP contribution >= 0.6 is 0 Å². The third kappa shape index (κ3) is 4.62. The molecule has 0 radical (unpaired) electrons. The summed E-state index contributed by atoms with van der Waals surface area (Å²) in [4.78, 5) is 38.5. The van der Waals surface area contributed by atoms with Crippen molar-refractivity contribution in [1.82, 2.24) is 10.2 Å². The average molecular weight is 479 g/mol. The number of likely N-dealkylation sites (tertiary alicyclic amines) is 1. The maximum absolute atomic E-state index is 12.9. The molecule has 8 heteroatoms. The first-order valence-corrected chi connectivity index (χ1v) is 12.2. The van der Waals surface area contributed by atoms with Crippen molar-refractivity contribution in [1.29, 1.82) is 0 Å². The third-order valence-corrected chi connectivity index (χ3v) is 7.64. The molecule has 3 N–H and O–H groups in total. The summed E-state index contributed by atoms with van der Waals surface area (Å²) in [7, 11) is 0. The van der Waals surface area contributed by atoms with Gasteiger partial charge in [-0.1, -0.05) is 55.0 Å². The summed E-state index contributed by atoms with van der Waals surface area (Å²) in [6.07, 6.45) is 1.41. The Hall–Kier alpha value is -3.39. The molecule has 5 rings (SSSR count). The van der Waals surface area contributed by atoms with Crippen LogP contribution in [0.1, 0.15) is 49.1 Å². The van der Waals surface area contributed by atoms with Crippen LogP contribution in [0.2, 0.25) is 0 Å². The van der Waals surface area contributed by atoms with Crippen molar-refractivity contribution in [2.24, 2.45) is 5.92 Å². The van der Waals surface area contributed by atoms with E-state index in [-0.39, 0.29) is 43.7 Å². The van der Waals surface area contributed by atoms with Crippen molar-refractivity contribution in [2.75, 3.05) is 13.2 Å². The van der Waals surface area contributed by atoms with Gasteiger partial charge in [-0.05, 0) is 41.0 Å². The number of aliphatic hydroxyl groups excluding tert-OH is 1.